The van der Waals surface area contributed by atoms with Crippen LogP contribution >= 0.6 is 0 Å². The Balaban J connectivity index is 2.28. The van der Waals surface area contributed by atoms with Crippen LogP contribution in [0.15, 0.2) is 42.6 Å². The largest absolute Gasteiger partial charge is 0.261 e. The maximum atomic E-state index is 4.28. The van der Waals surface area contributed by atoms with Gasteiger partial charge in [-0.25, -0.2) is 0 Å². The zero-order valence-electron chi connectivity index (χ0n) is 9.20. The summed E-state index contributed by atoms with van der Waals surface area (Å²) in [7, 11) is 0. The van der Waals surface area contributed by atoms with Crippen LogP contribution in [0.2, 0.25) is 0 Å². The quantitative estimate of drug-likeness (QED) is 0.720. The van der Waals surface area contributed by atoms with Gasteiger partial charge in [-0.05, 0) is 43.0 Å². The molecule has 0 bridgehead atoms. The lowest BCUT2D eigenvalue weighted by Crippen LogP contribution is -1.94. The number of benzene rings is 1. The molecule has 0 aliphatic rings. The molecule has 1 aromatic heterocycles. The fraction of sp³-hybridized carbons (Fsp3) is 0.214. The van der Waals surface area contributed by atoms with Crippen LogP contribution in [0, 0.1) is 13.8 Å². The second-order valence-electron chi connectivity index (χ2n) is 3.91. The Morgan fingerprint density at radius 1 is 1.07 bits per heavy atom. The van der Waals surface area contributed by atoms with Crippen molar-refractivity contribution in [1.82, 2.24) is 4.98 Å². The van der Waals surface area contributed by atoms with Crippen LogP contribution < -0.4 is 0 Å². The van der Waals surface area contributed by atoms with Gasteiger partial charge in [0, 0.05) is 11.9 Å². The van der Waals surface area contributed by atoms with E-state index in [1.807, 2.05) is 19.2 Å². The van der Waals surface area contributed by atoms with Crippen LogP contribution in [0.4, 0.5) is 0 Å². The molecule has 0 saturated heterocycles. The molecule has 15 heavy (non-hydrogen) atoms. The van der Waals surface area contributed by atoms with E-state index in [4.69, 9.17) is 0 Å². The lowest BCUT2D eigenvalue weighted by atomic mass is 10.0. The Morgan fingerprint density at radius 2 is 1.80 bits per heavy atom. The number of nitrogens with zero attached hydrogens (tertiary/aromatic N) is 1. The van der Waals surface area contributed by atoms with Gasteiger partial charge >= 0.3 is 0 Å². The molecule has 2 aromatic rings. The zero-order chi connectivity index (χ0) is 10.7. The topological polar surface area (TPSA) is 12.9 Å². The average molecular weight is 197 g/mol. The molecule has 0 unspecified atom stereocenters. The average Bonchev–Trinajstić information content (AvgIpc) is 2.25. The fourth-order valence-electron chi connectivity index (χ4n) is 1.69. The summed E-state index contributed by atoms with van der Waals surface area (Å²) in [6, 6.07) is 12.7. The Hall–Kier alpha value is -1.63. The van der Waals surface area contributed by atoms with Gasteiger partial charge in [-0.15, -0.1) is 0 Å². The molecule has 76 valence electrons. The molecule has 0 spiro atoms. The lowest BCUT2D eigenvalue weighted by molar-refractivity contribution is 1.08. The molecule has 0 aliphatic carbocycles. The molecule has 1 heteroatoms. The summed E-state index contributed by atoms with van der Waals surface area (Å²) in [5.74, 6) is 0. The third kappa shape index (κ3) is 2.44. The fourth-order valence-corrected chi connectivity index (χ4v) is 1.69. The Morgan fingerprint density at radius 3 is 2.53 bits per heavy atom. The van der Waals surface area contributed by atoms with E-state index in [1.54, 1.807) is 0 Å². The van der Waals surface area contributed by atoms with E-state index < -0.39 is 0 Å². The predicted octanol–water partition coefficient (Wildman–Crippen LogP) is 3.29. The van der Waals surface area contributed by atoms with Crippen molar-refractivity contribution < 1.29 is 0 Å². The number of rotatable bonds is 2. The highest BCUT2D eigenvalue weighted by atomic mass is 14.7. The molecule has 1 heterocycles. The van der Waals surface area contributed by atoms with E-state index in [0.29, 0.717) is 0 Å². The second kappa shape index (κ2) is 4.26. The van der Waals surface area contributed by atoms with Gasteiger partial charge in [-0.2, -0.15) is 0 Å². The highest BCUT2D eigenvalue weighted by Crippen LogP contribution is 2.13. The normalized spacial score (nSPS) is 10.3. The molecule has 0 radical (unpaired) electrons. The summed E-state index contributed by atoms with van der Waals surface area (Å²) >= 11 is 0. The summed E-state index contributed by atoms with van der Waals surface area (Å²) in [4.78, 5) is 4.28. The van der Waals surface area contributed by atoms with Crippen LogP contribution in [-0.4, -0.2) is 4.98 Å². The van der Waals surface area contributed by atoms with Gasteiger partial charge in [0.25, 0.3) is 0 Å². The van der Waals surface area contributed by atoms with Gasteiger partial charge in [0.15, 0.2) is 0 Å². The molecule has 0 aliphatic heterocycles. The van der Waals surface area contributed by atoms with Crippen LogP contribution in [-0.2, 0) is 6.42 Å². The molecule has 0 saturated carbocycles. The lowest BCUT2D eigenvalue weighted by Gasteiger charge is -2.06. The van der Waals surface area contributed by atoms with Crippen LogP contribution in [0.1, 0.15) is 22.4 Å². The first-order valence-electron chi connectivity index (χ1n) is 5.22. The Labute approximate surface area is 90.8 Å². The monoisotopic (exact) mass is 197 g/mol. The number of aromatic nitrogens is 1. The summed E-state index contributed by atoms with van der Waals surface area (Å²) in [5, 5.41) is 0. The summed E-state index contributed by atoms with van der Waals surface area (Å²) in [6.07, 6.45) is 2.95. The minimum absolute atomic E-state index is 0.996. The van der Waals surface area contributed by atoms with Crippen molar-refractivity contribution in [3.63, 3.8) is 0 Å². The van der Waals surface area contributed by atoms with Gasteiger partial charge in [-0.1, -0.05) is 30.3 Å². The van der Waals surface area contributed by atoms with Gasteiger partial charge in [-0.3, -0.25) is 4.98 Å². The van der Waals surface area contributed by atoms with Gasteiger partial charge in [0.1, 0.15) is 0 Å². The van der Waals surface area contributed by atoms with Gasteiger partial charge < -0.3 is 0 Å². The first-order chi connectivity index (χ1) is 7.25. The molecule has 0 fully saturated rings. The Kier molecular flexibility index (Phi) is 2.82. The molecule has 2 rings (SSSR count). The molecule has 0 atom stereocenters. The predicted molar refractivity (Wildman–Crippen MR) is 63.0 cm³/mol. The highest BCUT2D eigenvalue weighted by molar-refractivity contribution is 5.31. The molecule has 1 nitrogen and oxygen atoms in total. The first kappa shape index (κ1) is 9.91. The van der Waals surface area contributed by atoms with Gasteiger partial charge in [0.2, 0.25) is 0 Å². The van der Waals surface area contributed by atoms with Crippen LogP contribution in [0.3, 0.4) is 0 Å². The summed E-state index contributed by atoms with van der Waals surface area (Å²) < 4.78 is 0. The van der Waals surface area contributed by atoms with Crippen molar-refractivity contribution in [3.05, 3.63) is 65.0 Å². The number of aryl methyl sites for hydroxylation is 2. The van der Waals surface area contributed by atoms with Crippen molar-refractivity contribution in [2.24, 2.45) is 0 Å². The minimum Gasteiger partial charge on any atom is -0.261 e. The van der Waals surface area contributed by atoms with Gasteiger partial charge in [0.05, 0.1) is 0 Å². The van der Waals surface area contributed by atoms with E-state index in [0.717, 1.165) is 12.1 Å². The standard InChI is InChI=1S/C14H15N/c1-11-10-15-12(2)8-14(11)9-13-6-4-3-5-7-13/h3-8,10H,9H2,1-2H3. The molecule has 0 N–H and O–H groups in total. The molecular formula is C14H15N. The SMILES string of the molecule is Cc1cc(Cc2ccccc2)c(C)cn1. The number of hydrogen-bond donors (Lipinski definition) is 0. The van der Waals surface area contributed by atoms with E-state index in [-0.39, 0.29) is 0 Å². The molecule has 1 aromatic carbocycles. The smallest absolute Gasteiger partial charge is 0.0375 e. The van der Waals surface area contributed by atoms with E-state index in [1.165, 1.54) is 16.7 Å². The number of pyridine rings is 1. The second-order valence-corrected chi connectivity index (χ2v) is 3.91. The minimum atomic E-state index is 0.996. The summed E-state index contributed by atoms with van der Waals surface area (Å²) in [5.41, 5.74) is 5.08. The zero-order valence-corrected chi connectivity index (χ0v) is 9.20. The molecule has 0 amide bonds. The van der Waals surface area contributed by atoms with Crippen molar-refractivity contribution in [3.8, 4) is 0 Å². The van der Waals surface area contributed by atoms with Crippen molar-refractivity contribution in [2.45, 2.75) is 20.3 Å². The van der Waals surface area contributed by atoms with E-state index >= 15 is 0 Å². The van der Waals surface area contributed by atoms with Crippen molar-refractivity contribution in [1.29, 1.82) is 0 Å². The first-order valence-corrected chi connectivity index (χ1v) is 5.22. The van der Waals surface area contributed by atoms with Crippen LogP contribution in [0.5, 0.6) is 0 Å². The summed E-state index contributed by atoms with van der Waals surface area (Å²) in [6.45, 7) is 4.15. The van der Waals surface area contributed by atoms with Crippen LogP contribution in [0.25, 0.3) is 0 Å². The highest BCUT2D eigenvalue weighted by Gasteiger charge is 2.00. The van der Waals surface area contributed by atoms with E-state index in [9.17, 15) is 0 Å². The molecular weight excluding hydrogens is 182 g/mol. The Bertz CT molecular complexity index is 446. The number of hydrogen-bond acceptors (Lipinski definition) is 1. The maximum absolute atomic E-state index is 4.28. The maximum Gasteiger partial charge on any atom is 0.0375 e. The van der Waals surface area contributed by atoms with Crippen molar-refractivity contribution in [2.75, 3.05) is 0 Å². The third-order valence-corrected chi connectivity index (χ3v) is 2.59. The third-order valence-electron chi connectivity index (χ3n) is 2.59. The van der Waals surface area contributed by atoms with E-state index in [2.05, 4.69) is 42.2 Å². The van der Waals surface area contributed by atoms with Crippen molar-refractivity contribution >= 4 is 0 Å².